The van der Waals surface area contributed by atoms with Gasteiger partial charge in [0.1, 0.15) is 36.0 Å². The molecule has 0 radical (unpaired) electrons. The second-order valence-electron chi connectivity index (χ2n) is 33.3. The van der Waals surface area contributed by atoms with E-state index in [1.807, 2.05) is 0 Å². The van der Waals surface area contributed by atoms with Crippen LogP contribution in [-0.4, -0.2) is 41.6 Å². The molecule has 570 valence electrons. The van der Waals surface area contributed by atoms with E-state index in [-0.39, 0.29) is 0 Å². The summed E-state index contributed by atoms with van der Waals surface area (Å²) in [5, 5.41) is 2.34. The minimum Gasteiger partial charge on any atom is -0.194 e. The van der Waals surface area contributed by atoms with E-state index in [1.54, 1.807) is 0 Å². The van der Waals surface area contributed by atoms with Crippen molar-refractivity contribution in [2.24, 2.45) is 20.0 Å². The SMILES string of the molecule is CCCCCCCCCCCCCCCCc1cccc2c1C1=[N+]3C2=Nc2c4c(ccc[n+]4CCCCCCCCCCCCCCCC)c4n2[C@]32n3c(c5ccc[n+](CCCCCCCCCCCCCCCC)c5c3=NC3=[N+]2C(=N4)c2c3ccc[n+]2CCCCCCCCCCCCCCCC)=N1. The Labute approximate surface area is 636 Å². The van der Waals surface area contributed by atoms with Crippen molar-refractivity contribution < 1.29 is 22.9 Å². The maximum atomic E-state index is 6.13. The van der Waals surface area contributed by atoms with E-state index in [0.717, 1.165) is 91.3 Å². The molecule has 6 aliphatic rings. The van der Waals surface area contributed by atoms with E-state index in [4.69, 9.17) is 20.0 Å². The van der Waals surface area contributed by atoms with Crippen molar-refractivity contribution in [2.75, 3.05) is 0 Å². The number of aromatic nitrogens is 5. The molecule has 1 spiro atoms. The molecule has 0 N–H and O–H groups in total. The van der Waals surface area contributed by atoms with Gasteiger partial charge in [-0.1, -0.05) is 374 Å². The summed E-state index contributed by atoms with van der Waals surface area (Å²) in [7, 11) is 0. The molecule has 12 rings (SSSR count). The molecule has 11 heteroatoms. The first kappa shape index (κ1) is 78.6. The number of unbranched alkanes of at least 4 members (excludes halogenated alkanes) is 52. The second kappa shape index (κ2) is 42.1. The van der Waals surface area contributed by atoms with Gasteiger partial charge in [-0.05, 0) is 61.9 Å². The van der Waals surface area contributed by atoms with Gasteiger partial charge in [0.05, 0.1) is 11.1 Å². The van der Waals surface area contributed by atoms with Crippen LogP contribution in [-0.2, 0) is 32.0 Å². The number of hydrogen-bond acceptors (Lipinski definition) is 4. The third kappa shape index (κ3) is 19.0. The van der Waals surface area contributed by atoms with Crippen molar-refractivity contribution in [3.8, 4) is 0 Å². The number of hydrogen-bond donors (Lipinski definition) is 0. The van der Waals surface area contributed by atoms with Crippen LogP contribution in [0.3, 0.4) is 0 Å². The van der Waals surface area contributed by atoms with Gasteiger partial charge in [0.2, 0.25) is 11.3 Å². The van der Waals surface area contributed by atoms with Crippen molar-refractivity contribution in [1.29, 1.82) is 0 Å². The molecular weight excluding hydrogens is 1280 g/mol. The van der Waals surface area contributed by atoms with Crippen molar-refractivity contribution in [3.63, 3.8) is 0 Å². The van der Waals surface area contributed by atoms with Gasteiger partial charge in [-0.2, -0.15) is 22.8 Å². The molecule has 0 bridgehead atoms. The third-order valence-electron chi connectivity index (χ3n) is 25.0. The fourth-order valence-corrected chi connectivity index (χ4v) is 19.0. The minimum atomic E-state index is -1.05. The first-order valence-corrected chi connectivity index (χ1v) is 45.4. The zero-order valence-electron chi connectivity index (χ0n) is 67.3. The first-order valence-electron chi connectivity index (χ1n) is 45.4. The third-order valence-corrected chi connectivity index (χ3v) is 25.0. The predicted octanol–water partition coefficient (Wildman–Crippen LogP) is 24.0. The summed E-state index contributed by atoms with van der Waals surface area (Å²) in [6.07, 6.45) is 84.0. The lowest BCUT2D eigenvalue weighted by molar-refractivity contribution is -0.793. The lowest BCUT2D eigenvalue weighted by atomic mass is 9.96. The molecule has 1 atom stereocenters. The molecule has 0 amide bonds. The van der Waals surface area contributed by atoms with Gasteiger partial charge < -0.3 is 0 Å². The Morgan fingerprint density at radius 2 is 0.657 bits per heavy atom. The fraction of sp³-hybridized carbons (Fsp3) is 0.691. The van der Waals surface area contributed by atoms with Crippen LogP contribution >= 0.6 is 0 Å². The van der Waals surface area contributed by atoms with E-state index < -0.39 is 5.91 Å². The molecule has 0 unspecified atom stereocenters. The summed E-state index contributed by atoms with van der Waals surface area (Å²) in [6.45, 7) is 12.1. The monoisotopic (exact) mass is 1430 g/mol. The molecule has 0 fully saturated rings. The number of benzene rings is 1. The predicted molar refractivity (Wildman–Crippen MR) is 439 cm³/mol. The fourth-order valence-electron chi connectivity index (χ4n) is 19.0. The van der Waals surface area contributed by atoms with Crippen LogP contribution in [0.5, 0.6) is 0 Å². The number of rotatable bonds is 60. The Bertz CT molecular complexity index is 3980. The molecule has 11 nitrogen and oxygen atoms in total. The van der Waals surface area contributed by atoms with Crippen LogP contribution in [0.25, 0.3) is 21.8 Å². The number of nitrogens with zero attached hydrogens (tertiary/aromatic N) is 11. The summed E-state index contributed by atoms with van der Waals surface area (Å²) in [6, 6.07) is 21.1. The van der Waals surface area contributed by atoms with E-state index >= 15 is 0 Å². The average Bonchev–Trinajstić information content (AvgIpc) is 1.47. The highest BCUT2D eigenvalue weighted by Gasteiger charge is 2.72. The molecule has 11 heterocycles. The molecule has 0 saturated heterocycles. The Morgan fingerprint density at radius 1 is 0.295 bits per heavy atom. The number of pyridine rings is 3. The molecule has 6 aromatic rings. The van der Waals surface area contributed by atoms with E-state index in [9.17, 15) is 0 Å². The van der Waals surface area contributed by atoms with Crippen molar-refractivity contribution in [1.82, 2.24) is 9.13 Å². The Morgan fingerprint density at radius 3 is 1.12 bits per heavy atom. The summed E-state index contributed by atoms with van der Waals surface area (Å²) >= 11 is 0. The maximum absolute atomic E-state index is 6.13. The van der Waals surface area contributed by atoms with Crippen molar-refractivity contribution >= 4 is 56.8 Å². The van der Waals surface area contributed by atoms with Gasteiger partial charge in [-0.3, -0.25) is 0 Å². The topological polar surface area (TPSA) is 77.0 Å². The summed E-state index contributed by atoms with van der Waals surface area (Å²) < 4.78 is 18.1. The molecule has 0 aliphatic carbocycles. The van der Waals surface area contributed by atoms with Crippen molar-refractivity contribution in [2.45, 2.75) is 419 Å². The normalized spacial score (nSPS) is 15.5. The summed E-state index contributed by atoms with van der Waals surface area (Å²) in [5.74, 6) is 4.90. The maximum Gasteiger partial charge on any atom is 0.405 e. The van der Waals surface area contributed by atoms with Crippen LogP contribution in [0.2, 0.25) is 0 Å². The van der Waals surface area contributed by atoms with Gasteiger partial charge in [0.15, 0.2) is 18.6 Å². The van der Waals surface area contributed by atoms with Gasteiger partial charge >= 0.3 is 11.7 Å². The minimum absolute atomic E-state index is 0.942. The van der Waals surface area contributed by atoms with Gasteiger partial charge in [-0.15, -0.1) is 9.15 Å². The number of fused-ring (bicyclic) bond motifs is 12. The lowest BCUT2D eigenvalue weighted by Crippen LogP contribution is -2.72. The molecule has 5 aromatic heterocycles. The van der Waals surface area contributed by atoms with Crippen molar-refractivity contribution in [3.05, 3.63) is 112 Å². The quantitative estimate of drug-likeness (QED) is 0.0269. The molecule has 6 aliphatic heterocycles. The Kier molecular flexibility index (Phi) is 31.5. The zero-order chi connectivity index (χ0) is 72.1. The van der Waals surface area contributed by atoms with Crippen LogP contribution < -0.4 is 24.7 Å². The first-order chi connectivity index (χ1) is 52.1. The molecule has 105 heavy (non-hydrogen) atoms. The van der Waals surface area contributed by atoms with Gasteiger partial charge in [0, 0.05) is 37.5 Å². The number of aryl methyl sites for hydroxylation is 4. The highest BCUT2D eigenvalue weighted by atomic mass is 15.7. The van der Waals surface area contributed by atoms with E-state index in [0.29, 0.717) is 0 Å². The van der Waals surface area contributed by atoms with Gasteiger partial charge in [0.25, 0.3) is 45.5 Å². The highest BCUT2D eigenvalue weighted by molar-refractivity contribution is 6.19. The number of aliphatic imine (C=N–C) groups is 2. The largest absolute Gasteiger partial charge is 0.405 e. The van der Waals surface area contributed by atoms with Crippen LogP contribution in [0.4, 0.5) is 11.6 Å². The zero-order valence-corrected chi connectivity index (χ0v) is 67.3. The van der Waals surface area contributed by atoms with E-state index in [2.05, 4.69) is 133 Å². The Hall–Kier alpha value is -5.97. The summed E-state index contributed by atoms with van der Waals surface area (Å²) in [4.78, 5) is 24.5. The molecular formula is C94H144N11+5. The van der Waals surface area contributed by atoms with Crippen LogP contribution in [0, 0.1) is 0 Å². The van der Waals surface area contributed by atoms with Crippen LogP contribution in [0.15, 0.2) is 93.2 Å². The second-order valence-corrected chi connectivity index (χ2v) is 33.3. The lowest BCUT2D eigenvalue weighted by Gasteiger charge is -2.39. The molecule has 1 aromatic carbocycles. The number of amidine groups is 4. The highest BCUT2D eigenvalue weighted by Crippen LogP contribution is 2.52. The standard InChI is InChI=1S/C94H144N11/c1-5-9-13-17-21-25-29-33-37-41-45-49-53-57-65-77-66-61-67-78-82(77)90-95-87-79-68-62-74-99(71-58-54-50-46-42-38-34-30-26-22-18-14-10-6-2)83(79)92-97-89-81-70-64-76-101(73-60-56-52-48-44-40-36-32-28-24-20-16-12-8-4)85(81)93-98-88-80-69-63-75-100(72-59-55-51-47-43-39-35-31-27-23-19-15-11-7-3)84(80)91-96-86(78)102(90)94(103(87)92,104(88)91)105(89)93/h61-64,66-70,74-76H,5-60,65,71-73H2,1-4H3/q+5/t94-/m1/s1. The average molecular weight is 1430 g/mol. The van der Waals surface area contributed by atoms with E-state index in [1.165, 1.54) is 390 Å². The van der Waals surface area contributed by atoms with Gasteiger partial charge in [-0.25, -0.2) is 0 Å². The molecule has 0 saturated carbocycles. The van der Waals surface area contributed by atoms with Crippen LogP contribution in [0.1, 0.15) is 415 Å². The Balaban J connectivity index is 0.861. The smallest absolute Gasteiger partial charge is 0.194 e. The summed E-state index contributed by atoms with van der Waals surface area (Å²) in [5.41, 5.74) is 10.6.